The molecule has 0 aliphatic rings. The van der Waals surface area contributed by atoms with Gasteiger partial charge in [-0.3, -0.25) is 0 Å². The van der Waals surface area contributed by atoms with Crippen molar-refractivity contribution in [3.63, 3.8) is 0 Å². The van der Waals surface area contributed by atoms with Gasteiger partial charge in [0.05, 0.1) is 11.1 Å². The number of azo groups is 2. The summed E-state index contributed by atoms with van der Waals surface area (Å²) >= 11 is 0. The van der Waals surface area contributed by atoms with Gasteiger partial charge in [-0.05, 0) is 41.5 Å². The molecule has 0 aromatic carbocycles. The number of hydrazine groups is 2. The second kappa shape index (κ2) is 15.2. The third-order valence-corrected chi connectivity index (χ3v) is 1.59. The van der Waals surface area contributed by atoms with Crippen molar-refractivity contribution in [2.24, 2.45) is 20.5 Å². The van der Waals surface area contributed by atoms with Gasteiger partial charge in [0.25, 0.3) is 0 Å². The average molecular weight is 363 g/mol. The molecule has 0 aliphatic heterocycles. The Balaban J connectivity index is -0.000000372. The molecule has 0 atom stereocenters. The van der Waals surface area contributed by atoms with Crippen LogP contribution in [0.25, 0.3) is 0 Å². The Morgan fingerprint density at radius 2 is 0.960 bits per heavy atom. The second-order valence-electron chi connectivity index (χ2n) is 7.34. The maximum Gasteiger partial charge on any atom is 2.00 e. The fourth-order valence-corrected chi connectivity index (χ4v) is 0.731. The van der Waals surface area contributed by atoms with Gasteiger partial charge in [0.1, 0.15) is 0 Å². The Labute approximate surface area is 170 Å². The summed E-state index contributed by atoms with van der Waals surface area (Å²) in [5.74, 6) is 0. The summed E-state index contributed by atoms with van der Waals surface area (Å²) in [6.07, 6.45) is 8.52. The van der Waals surface area contributed by atoms with Crippen LogP contribution in [-0.2, 0) is 0 Å². The van der Waals surface area contributed by atoms with E-state index in [1.54, 1.807) is 22.4 Å². The van der Waals surface area contributed by atoms with E-state index in [9.17, 15) is 0 Å². The fraction of sp³-hybridized carbons (Fsp3) is 0.750. The monoisotopic (exact) mass is 362 g/mol. The molecule has 8 nitrogen and oxygen atoms in total. The van der Waals surface area contributed by atoms with Gasteiger partial charge >= 0.3 is 23.1 Å². The van der Waals surface area contributed by atoms with Gasteiger partial charge in [0.15, 0.2) is 0 Å². The van der Waals surface area contributed by atoms with E-state index >= 15 is 0 Å². The van der Waals surface area contributed by atoms with Gasteiger partial charge in [0.2, 0.25) is 0 Å². The number of rotatable bonds is 6. The molecule has 140 valence electrons. The van der Waals surface area contributed by atoms with Crippen LogP contribution in [0, 0.1) is 12.4 Å². The normalized spacial score (nSPS) is 13.0. The molecule has 0 heterocycles. The number of hydrogen-bond donors (Lipinski definition) is 2. The Hall–Kier alpha value is -1.03. The zero-order valence-corrected chi connectivity index (χ0v) is 19.0. The Kier molecular flexibility index (Phi) is 17.5. The molecule has 9 heteroatoms. The summed E-state index contributed by atoms with van der Waals surface area (Å²) in [5.41, 5.74) is 5.50. The van der Waals surface area contributed by atoms with Crippen LogP contribution in [0.3, 0.4) is 0 Å². The topological polar surface area (TPSA) is 80.0 Å². The molecule has 0 spiro atoms. The van der Waals surface area contributed by atoms with Crippen molar-refractivity contribution in [1.82, 2.24) is 20.9 Å². The van der Waals surface area contributed by atoms with E-state index in [2.05, 4.69) is 43.7 Å². The molecule has 0 unspecified atom stereocenters. The Morgan fingerprint density at radius 3 is 1.16 bits per heavy atom. The van der Waals surface area contributed by atoms with E-state index in [0.717, 1.165) is 0 Å². The van der Waals surface area contributed by atoms with Crippen LogP contribution in [-0.4, -0.2) is 72.3 Å². The molecule has 0 radical (unpaired) electrons. The van der Waals surface area contributed by atoms with Gasteiger partial charge < -0.3 is 33.5 Å². The van der Waals surface area contributed by atoms with E-state index in [4.69, 9.17) is 0 Å². The molecule has 0 aromatic rings. The van der Waals surface area contributed by atoms with Gasteiger partial charge in [-0.25, -0.2) is 20.2 Å². The summed E-state index contributed by atoms with van der Waals surface area (Å²) < 4.78 is 0. The van der Waals surface area contributed by atoms with Gasteiger partial charge in [0, 0.05) is 28.2 Å². The summed E-state index contributed by atoms with van der Waals surface area (Å²) in [6.45, 7) is 11.9. The van der Waals surface area contributed by atoms with E-state index in [0.29, 0.717) is 0 Å². The molecule has 0 saturated heterocycles. The first-order valence-electron chi connectivity index (χ1n) is 7.69. The van der Waals surface area contributed by atoms with Crippen molar-refractivity contribution < 1.29 is 0 Å². The molecule has 0 amide bonds. The van der Waals surface area contributed by atoms with Crippen molar-refractivity contribution in [1.29, 1.82) is 0 Å². The van der Waals surface area contributed by atoms with Crippen LogP contribution in [0.2, 0.25) is 0 Å². The van der Waals surface area contributed by atoms with E-state index < -0.39 is 0 Å². The predicted molar refractivity (Wildman–Crippen MR) is 104 cm³/mol. The van der Waals surface area contributed by atoms with Gasteiger partial charge in [-0.1, -0.05) is 0 Å². The SMILES string of the molecule is CN(C)NC=[C-]N=NC(C)(C)C.CN(C)NC=[C-]N=NC(C)(C)C.[Mg+2]. The average Bonchev–Trinajstić information content (AvgIpc) is 2.35. The van der Waals surface area contributed by atoms with Gasteiger partial charge in [-0.2, -0.15) is 0 Å². The molecule has 0 fully saturated rings. The first kappa shape index (κ1) is 28.8. The quantitative estimate of drug-likeness (QED) is 0.329. The van der Waals surface area contributed by atoms with Crippen LogP contribution < -0.4 is 10.9 Å². The Morgan fingerprint density at radius 1 is 0.680 bits per heavy atom. The molecule has 0 bridgehead atoms. The molecule has 0 rings (SSSR count). The van der Waals surface area contributed by atoms with Crippen LogP contribution in [0.5, 0.6) is 0 Å². The number of hydrogen-bond acceptors (Lipinski definition) is 8. The third kappa shape index (κ3) is 35.1. The van der Waals surface area contributed by atoms with Crippen molar-refractivity contribution in [3.8, 4) is 0 Å². The molecule has 2 N–H and O–H groups in total. The number of nitrogens with one attached hydrogen (secondary N) is 2. The Bertz CT molecular complexity index is 375. The molecular weight excluding hydrogens is 329 g/mol. The van der Waals surface area contributed by atoms with Crippen LogP contribution in [0.4, 0.5) is 0 Å². The maximum atomic E-state index is 3.98. The molecule has 25 heavy (non-hydrogen) atoms. The molecule has 0 saturated carbocycles. The van der Waals surface area contributed by atoms with E-state index in [1.165, 1.54) is 0 Å². The zero-order valence-electron chi connectivity index (χ0n) is 17.5. The first-order chi connectivity index (χ1) is 10.8. The summed E-state index contributed by atoms with van der Waals surface area (Å²) in [7, 11) is 7.55. The minimum absolute atomic E-state index is 0. The van der Waals surface area contributed by atoms with Crippen molar-refractivity contribution in [3.05, 3.63) is 24.8 Å². The maximum absolute atomic E-state index is 3.98. The van der Waals surface area contributed by atoms with Crippen molar-refractivity contribution in [2.45, 2.75) is 52.6 Å². The van der Waals surface area contributed by atoms with Crippen molar-refractivity contribution in [2.75, 3.05) is 28.2 Å². The first-order valence-corrected chi connectivity index (χ1v) is 7.69. The van der Waals surface area contributed by atoms with Crippen LogP contribution >= 0.6 is 0 Å². The summed E-state index contributed by atoms with van der Waals surface area (Å²) in [6, 6.07) is 0. The second-order valence-corrected chi connectivity index (χ2v) is 7.34. The zero-order chi connectivity index (χ0) is 19.2. The van der Waals surface area contributed by atoms with E-state index in [-0.39, 0.29) is 34.1 Å². The van der Waals surface area contributed by atoms with Crippen LogP contribution in [0.15, 0.2) is 32.9 Å². The molecule has 0 aliphatic carbocycles. The minimum atomic E-state index is -0.126. The summed E-state index contributed by atoms with van der Waals surface area (Å²) in [4.78, 5) is 0. The smallest absolute Gasteiger partial charge is 0.375 e. The van der Waals surface area contributed by atoms with Crippen molar-refractivity contribution >= 4 is 23.1 Å². The van der Waals surface area contributed by atoms with E-state index in [1.807, 2.05) is 69.7 Å². The fourth-order valence-electron chi connectivity index (χ4n) is 0.731. The van der Waals surface area contributed by atoms with Crippen LogP contribution in [0.1, 0.15) is 41.5 Å². The minimum Gasteiger partial charge on any atom is -0.375 e. The molecule has 0 aromatic heterocycles. The third-order valence-electron chi connectivity index (χ3n) is 1.59. The molecular formula is C16H34MgN8. The summed E-state index contributed by atoms with van der Waals surface area (Å²) in [5, 5.41) is 19.0. The predicted octanol–water partition coefficient (Wildman–Crippen LogP) is 2.77. The van der Waals surface area contributed by atoms with Gasteiger partial charge in [-0.15, -0.1) is 12.4 Å². The number of nitrogens with zero attached hydrogens (tertiary/aromatic N) is 6. The standard InChI is InChI=1S/2C8H17N4.Mg/c2*1-8(2,3)11-9-6-7-10-12(4)5;/h2*7,10H,1-5H3;/q2*-1;+2. The largest absolute Gasteiger partial charge is 2.00 e.